The Labute approximate surface area is 132 Å². The van der Waals surface area contributed by atoms with Crippen molar-refractivity contribution in [1.82, 2.24) is 9.78 Å². The molecule has 0 fully saturated rings. The second-order valence-electron chi connectivity index (χ2n) is 4.93. The molecule has 21 heavy (non-hydrogen) atoms. The van der Waals surface area contributed by atoms with Crippen molar-refractivity contribution in [2.75, 3.05) is 0 Å². The molecule has 0 saturated carbocycles. The number of aryl methyl sites for hydroxylation is 1. The van der Waals surface area contributed by atoms with E-state index in [2.05, 4.69) is 21.0 Å². The molecule has 0 aliphatic heterocycles. The van der Waals surface area contributed by atoms with Crippen molar-refractivity contribution < 1.29 is 5.11 Å². The van der Waals surface area contributed by atoms with Gasteiger partial charge in [0.15, 0.2) is 0 Å². The maximum Gasteiger partial charge on any atom is 0.122 e. The number of aromatic nitrogens is 2. The highest BCUT2D eigenvalue weighted by Crippen LogP contribution is 2.30. The van der Waals surface area contributed by atoms with E-state index in [0.717, 1.165) is 27.0 Å². The van der Waals surface area contributed by atoms with Gasteiger partial charge < -0.3 is 5.11 Å². The van der Waals surface area contributed by atoms with Crippen LogP contribution in [0.4, 0.5) is 0 Å². The first-order chi connectivity index (χ1) is 10.2. The van der Waals surface area contributed by atoms with E-state index in [1.165, 1.54) is 0 Å². The summed E-state index contributed by atoms with van der Waals surface area (Å²) in [5.74, 6) is 0. The summed E-state index contributed by atoms with van der Waals surface area (Å²) in [4.78, 5) is 0. The molecule has 1 atom stereocenters. The normalized spacial score (nSPS) is 12.3. The van der Waals surface area contributed by atoms with E-state index in [0.29, 0.717) is 0 Å². The van der Waals surface area contributed by atoms with Gasteiger partial charge in [-0.25, -0.2) is 4.68 Å². The standard InChI is InChI=1S/C17H15BrN2O/c1-12-7-8-14(15(18)11-12)17(21)16-9-10-19-20(16)13-5-3-2-4-6-13/h2-11,17,21H,1H3. The van der Waals surface area contributed by atoms with Crippen molar-refractivity contribution in [1.29, 1.82) is 0 Å². The van der Waals surface area contributed by atoms with Gasteiger partial charge in [-0.2, -0.15) is 5.10 Å². The topological polar surface area (TPSA) is 38.1 Å². The molecule has 0 saturated heterocycles. The highest BCUT2D eigenvalue weighted by atomic mass is 79.9. The Bertz CT molecular complexity index is 752. The fourth-order valence-electron chi connectivity index (χ4n) is 2.32. The van der Waals surface area contributed by atoms with E-state index >= 15 is 0 Å². The predicted molar refractivity (Wildman–Crippen MR) is 86.5 cm³/mol. The van der Waals surface area contributed by atoms with Gasteiger partial charge in [-0.3, -0.25) is 0 Å². The maximum absolute atomic E-state index is 10.7. The number of benzene rings is 2. The van der Waals surface area contributed by atoms with Gasteiger partial charge in [0.1, 0.15) is 6.10 Å². The zero-order chi connectivity index (χ0) is 14.8. The molecule has 3 nitrogen and oxygen atoms in total. The van der Waals surface area contributed by atoms with Gasteiger partial charge in [-0.1, -0.05) is 46.3 Å². The van der Waals surface area contributed by atoms with Crippen LogP contribution in [0.15, 0.2) is 65.3 Å². The summed E-state index contributed by atoms with van der Waals surface area (Å²) in [6, 6.07) is 17.6. The lowest BCUT2D eigenvalue weighted by Crippen LogP contribution is -2.09. The Morgan fingerprint density at radius 2 is 1.86 bits per heavy atom. The fourth-order valence-corrected chi connectivity index (χ4v) is 3.03. The number of aliphatic hydroxyl groups is 1. The van der Waals surface area contributed by atoms with Crippen molar-refractivity contribution in [2.45, 2.75) is 13.0 Å². The second-order valence-corrected chi connectivity index (χ2v) is 5.79. The Hall–Kier alpha value is -1.91. The first-order valence-electron chi connectivity index (χ1n) is 6.70. The molecule has 1 heterocycles. The summed E-state index contributed by atoms with van der Waals surface area (Å²) in [6.07, 6.45) is 0.968. The largest absolute Gasteiger partial charge is 0.382 e. The van der Waals surface area contributed by atoms with E-state index < -0.39 is 6.10 Å². The molecule has 0 aliphatic carbocycles. The summed E-state index contributed by atoms with van der Waals surface area (Å²) in [5, 5.41) is 15.0. The molecule has 106 valence electrons. The summed E-state index contributed by atoms with van der Waals surface area (Å²) in [7, 11) is 0. The monoisotopic (exact) mass is 342 g/mol. The lowest BCUT2D eigenvalue weighted by molar-refractivity contribution is 0.211. The van der Waals surface area contributed by atoms with E-state index in [9.17, 15) is 5.11 Å². The molecular weight excluding hydrogens is 328 g/mol. The molecule has 1 N–H and O–H groups in total. The minimum atomic E-state index is -0.734. The number of hydrogen-bond acceptors (Lipinski definition) is 2. The van der Waals surface area contributed by atoms with E-state index in [4.69, 9.17) is 0 Å². The van der Waals surface area contributed by atoms with Crippen LogP contribution in [-0.2, 0) is 0 Å². The molecule has 0 amide bonds. The van der Waals surface area contributed by atoms with Crippen LogP contribution in [0.1, 0.15) is 22.9 Å². The van der Waals surface area contributed by atoms with Crippen molar-refractivity contribution >= 4 is 15.9 Å². The minimum Gasteiger partial charge on any atom is -0.382 e. The summed E-state index contributed by atoms with van der Waals surface area (Å²) in [6.45, 7) is 2.02. The Kier molecular flexibility index (Phi) is 3.90. The van der Waals surface area contributed by atoms with Gasteiger partial charge in [0.2, 0.25) is 0 Å². The van der Waals surface area contributed by atoms with Crippen molar-refractivity contribution in [3.63, 3.8) is 0 Å². The number of halogens is 1. The zero-order valence-electron chi connectivity index (χ0n) is 11.6. The SMILES string of the molecule is Cc1ccc(C(O)c2ccnn2-c2ccccc2)c(Br)c1. The van der Waals surface area contributed by atoms with E-state index in [1.54, 1.807) is 10.9 Å². The third kappa shape index (κ3) is 2.77. The van der Waals surface area contributed by atoms with Crippen LogP contribution in [0.5, 0.6) is 0 Å². The smallest absolute Gasteiger partial charge is 0.122 e. The first-order valence-corrected chi connectivity index (χ1v) is 7.49. The zero-order valence-corrected chi connectivity index (χ0v) is 13.2. The molecule has 0 aliphatic rings. The molecule has 2 aromatic carbocycles. The number of rotatable bonds is 3. The molecule has 1 aromatic heterocycles. The molecule has 3 rings (SSSR count). The van der Waals surface area contributed by atoms with Gasteiger partial charge in [0, 0.05) is 16.2 Å². The van der Waals surface area contributed by atoms with Crippen LogP contribution in [0.3, 0.4) is 0 Å². The lowest BCUT2D eigenvalue weighted by atomic mass is 10.0. The molecule has 3 aromatic rings. The summed E-state index contributed by atoms with van der Waals surface area (Å²) >= 11 is 3.52. The van der Waals surface area contributed by atoms with E-state index in [-0.39, 0.29) is 0 Å². The van der Waals surface area contributed by atoms with Gasteiger partial charge in [-0.15, -0.1) is 0 Å². The predicted octanol–water partition coefficient (Wildman–Crippen LogP) is 4.02. The Balaban J connectivity index is 2.03. The summed E-state index contributed by atoms with van der Waals surface area (Å²) in [5.41, 5.74) is 3.65. The molecular formula is C17H15BrN2O. The quantitative estimate of drug-likeness (QED) is 0.780. The highest BCUT2D eigenvalue weighted by Gasteiger charge is 2.18. The molecule has 0 radical (unpaired) electrons. The summed E-state index contributed by atoms with van der Waals surface area (Å²) < 4.78 is 2.66. The number of hydrogen-bond donors (Lipinski definition) is 1. The Morgan fingerprint density at radius 1 is 1.10 bits per heavy atom. The molecule has 1 unspecified atom stereocenters. The van der Waals surface area contributed by atoms with Gasteiger partial charge in [0.25, 0.3) is 0 Å². The molecule has 0 spiro atoms. The molecule has 0 bridgehead atoms. The van der Waals surface area contributed by atoms with Crippen LogP contribution >= 0.6 is 15.9 Å². The number of nitrogens with zero attached hydrogens (tertiary/aromatic N) is 2. The molecule has 4 heteroatoms. The third-order valence-electron chi connectivity index (χ3n) is 3.40. The minimum absolute atomic E-state index is 0.734. The number of para-hydroxylation sites is 1. The number of aliphatic hydroxyl groups excluding tert-OH is 1. The average Bonchev–Trinajstić information content (AvgIpc) is 2.97. The first kappa shape index (κ1) is 14.0. The fraction of sp³-hybridized carbons (Fsp3) is 0.118. The van der Waals surface area contributed by atoms with E-state index in [1.807, 2.05) is 61.5 Å². The highest BCUT2D eigenvalue weighted by molar-refractivity contribution is 9.10. The second kappa shape index (κ2) is 5.84. The van der Waals surface area contributed by atoms with Crippen LogP contribution in [0.25, 0.3) is 5.69 Å². The van der Waals surface area contributed by atoms with Crippen molar-refractivity contribution in [2.24, 2.45) is 0 Å². The van der Waals surface area contributed by atoms with Crippen LogP contribution in [0, 0.1) is 6.92 Å². The van der Waals surface area contributed by atoms with Gasteiger partial charge in [0.05, 0.1) is 11.4 Å². The average molecular weight is 343 g/mol. The lowest BCUT2D eigenvalue weighted by Gasteiger charge is -2.15. The maximum atomic E-state index is 10.7. The van der Waals surface area contributed by atoms with Crippen molar-refractivity contribution in [3.05, 3.63) is 82.1 Å². The van der Waals surface area contributed by atoms with Crippen LogP contribution in [-0.4, -0.2) is 14.9 Å². The third-order valence-corrected chi connectivity index (χ3v) is 4.09. The van der Waals surface area contributed by atoms with Crippen LogP contribution in [0.2, 0.25) is 0 Å². The van der Waals surface area contributed by atoms with Gasteiger partial charge >= 0.3 is 0 Å². The van der Waals surface area contributed by atoms with Crippen LogP contribution < -0.4 is 0 Å². The van der Waals surface area contributed by atoms with Gasteiger partial charge in [-0.05, 0) is 36.8 Å². The van der Waals surface area contributed by atoms with Crippen molar-refractivity contribution in [3.8, 4) is 5.69 Å². The Morgan fingerprint density at radius 3 is 2.57 bits per heavy atom.